The first-order chi connectivity index (χ1) is 15.7. The van der Waals surface area contributed by atoms with Crippen LogP contribution in [0.5, 0.6) is 0 Å². The van der Waals surface area contributed by atoms with Crippen LogP contribution in [0.2, 0.25) is 10.0 Å². The Balaban J connectivity index is 1.91. The molecule has 3 rings (SSSR count). The maximum atomic E-state index is 13.3. The zero-order valence-corrected chi connectivity index (χ0v) is 21.7. The summed E-state index contributed by atoms with van der Waals surface area (Å²) in [7, 11) is 1.71. The van der Waals surface area contributed by atoms with E-state index in [4.69, 9.17) is 27.9 Å². The van der Waals surface area contributed by atoms with Crippen LogP contribution < -0.4 is 4.90 Å². The van der Waals surface area contributed by atoms with E-state index in [0.717, 1.165) is 29.7 Å². The summed E-state index contributed by atoms with van der Waals surface area (Å²) in [5.74, 6) is 1.83. The van der Waals surface area contributed by atoms with E-state index in [1.165, 1.54) is 6.42 Å². The molecule has 3 atom stereocenters. The van der Waals surface area contributed by atoms with Crippen LogP contribution in [0.4, 0.5) is 5.69 Å². The molecule has 1 saturated carbocycles. The largest absolute Gasteiger partial charge is 0.461 e. The fourth-order valence-corrected chi connectivity index (χ4v) is 5.06. The summed E-state index contributed by atoms with van der Waals surface area (Å²) in [6.07, 6.45) is 3.16. The highest BCUT2D eigenvalue weighted by Crippen LogP contribution is 2.35. The smallest absolute Gasteiger partial charge is 0.326 e. The van der Waals surface area contributed by atoms with E-state index >= 15 is 0 Å². The molecule has 0 unspecified atom stereocenters. The van der Waals surface area contributed by atoms with Crippen LogP contribution in [0.1, 0.15) is 51.2 Å². The standard InChI is InChI=1S/C27H34Cl2N2O2/c1-17(2)21-12-10-18(3)14-25(21)33-26(32)16-31(24-9-7-6-8-19(24)4)27(30-5)20-11-13-22(28)23(29)15-20/h6-9,11,13,15,17-18,21,25H,10,12,14,16H2,1-5H3/t18-,21+,25-/m1/s1. The van der Waals surface area contributed by atoms with Crippen LogP contribution in [0.3, 0.4) is 0 Å². The summed E-state index contributed by atoms with van der Waals surface area (Å²) in [5.41, 5.74) is 2.73. The molecule has 0 spiro atoms. The number of para-hydroxylation sites is 1. The molecule has 33 heavy (non-hydrogen) atoms. The summed E-state index contributed by atoms with van der Waals surface area (Å²) < 4.78 is 6.12. The van der Waals surface area contributed by atoms with E-state index in [0.29, 0.717) is 33.6 Å². The minimum Gasteiger partial charge on any atom is -0.461 e. The monoisotopic (exact) mass is 488 g/mol. The van der Waals surface area contributed by atoms with E-state index in [2.05, 4.69) is 25.8 Å². The number of hydrogen-bond acceptors (Lipinski definition) is 3. The first kappa shape index (κ1) is 25.6. The van der Waals surface area contributed by atoms with Crippen molar-refractivity contribution in [2.24, 2.45) is 22.7 Å². The van der Waals surface area contributed by atoms with Crippen LogP contribution in [0.15, 0.2) is 47.5 Å². The molecule has 2 aromatic carbocycles. The number of halogens is 2. The highest BCUT2D eigenvalue weighted by atomic mass is 35.5. The molecule has 1 aliphatic carbocycles. The molecular formula is C27H34Cl2N2O2. The highest BCUT2D eigenvalue weighted by Gasteiger charge is 2.34. The number of carbonyl (C=O) groups excluding carboxylic acids is 1. The predicted octanol–water partition coefficient (Wildman–Crippen LogP) is 7.19. The summed E-state index contributed by atoms with van der Waals surface area (Å²) in [5, 5.41) is 0.919. The van der Waals surface area contributed by atoms with Gasteiger partial charge in [-0.05, 0) is 67.3 Å². The Hall–Kier alpha value is -2.04. The third kappa shape index (κ3) is 6.30. The van der Waals surface area contributed by atoms with E-state index in [-0.39, 0.29) is 18.6 Å². The second kappa shape index (κ2) is 11.4. The average Bonchev–Trinajstić information content (AvgIpc) is 2.76. The zero-order chi connectivity index (χ0) is 24.1. The van der Waals surface area contributed by atoms with Gasteiger partial charge in [0.1, 0.15) is 18.5 Å². The lowest BCUT2D eigenvalue weighted by molar-refractivity contribution is -0.154. The van der Waals surface area contributed by atoms with Gasteiger partial charge in [-0.2, -0.15) is 0 Å². The Labute approximate surface area is 207 Å². The normalized spacial score (nSPS) is 21.2. The molecule has 1 aliphatic rings. The van der Waals surface area contributed by atoms with E-state index < -0.39 is 0 Å². The van der Waals surface area contributed by atoms with Gasteiger partial charge in [-0.15, -0.1) is 0 Å². The Bertz CT molecular complexity index is 1010. The van der Waals surface area contributed by atoms with E-state index in [1.54, 1.807) is 19.2 Å². The van der Waals surface area contributed by atoms with Crippen molar-refractivity contribution >= 4 is 40.7 Å². The van der Waals surface area contributed by atoms with Gasteiger partial charge in [-0.25, -0.2) is 0 Å². The lowest BCUT2D eigenvalue weighted by Crippen LogP contribution is -2.41. The number of aliphatic imine (C=N–C) groups is 1. The fourth-order valence-electron chi connectivity index (χ4n) is 4.77. The van der Waals surface area contributed by atoms with Crippen LogP contribution in [0.25, 0.3) is 0 Å². The van der Waals surface area contributed by atoms with E-state index in [1.807, 2.05) is 42.2 Å². The molecule has 0 N–H and O–H groups in total. The Morgan fingerprint density at radius 3 is 2.52 bits per heavy atom. The van der Waals surface area contributed by atoms with Gasteiger partial charge in [0.15, 0.2) is 0 Å². The molecule has 0 aromatic heterocycles. The third-order valence-corrected chi connectivity index (χ3v) is 7.32. The number of ether oxygens (including phenoxy) is 1. The molecular weight excluding hydrogens is 455 g/mol. The first-order valence-corrected chi connectivity index (χ1v) is 12.4. The molecule has 0 saturated heterocycles. The molecule has 4 nitrogen and oxygen atoms in total. The highest BCUT2D eigenvalue weighted by molar-refractivity contribution is 6.42. The number of esters is 1. The molecule has 2 aromatic rings. The number of rotatable bonds is 6. The van der Waals surface area contributed by atoms with Crippen LogP contribution in [0, 0.1) is 24.7 Å². The Morgan fingerprint density at radius 2 is 1.88 bits per heavy atom. The van der Waals surface area contributed by atoms with Crippen molar-refractivity contribution in [1.29, 1.82) is 0 Å². The van der Waals surface area contributed by atoms with Crippen LogP contribution >= 0.6 is 23.2 Å². The summed E-state index contributed by atoms with van der Waals surface area (Å²) in [6.45, 7) is 8.75. The Kier molecular flexibility index (Phi) is 8.83. The van der Waals surface area contributed by atoms with Crippen molar-refractivity contribution in [3.05, 3.63) is 63.6 Å². The van der Waals surface area contributed by atoms with Crippen LogP contribution in [-0.4, -0.2) is 31.5 Å². The summed E-state index contributed by atoms with van der Waals surface area (Å²) in [4.78, 5) is 19.7. The van der Waals surface area contributed by atoms with E-state index in [9.17, 15) is 4.79 Å². The SMILES string of the molecule is CN=C(c1ccc(Cl)c(Cl)c1)N(CC(=O)O[C@@H]1C[C@H](C)CC[C@H]1C(C)C)c1ccccc1C. The fraction of sp³-hybridized carbons (Fsp3) is 0.481. The number of anilines is 1. The first-order valence-electron chi connectivity index (χ1n) is 11.7. The van der Waals surface area contributed by atoms with Gasteiger partial charge in [0, 0.05) is 18.3 Å². The molecule has 0 heterocycles. The number of nitrogens with zero attached hydrogens (tertiary/aromatic N) is 2. The number of carbonyl (C=O) groups is 1. The molecule has 0 amide bonds. The van der Waals surface area contributed by atoms with Crippen molar-refractivity contribution in [3.63, 3.8) is 0 Å². The molecule has 178 valence electrons. The van der Waals surface area contributed by atoms with Gasteiger partial charge in [-0.1, -0.05) is 68.6 Å². The maximum Gasteiger partial charge on any atom is 0.326 e. The van der Waals surface area contributed by atoms with Gasteiger partial charge >= 0.3 is 5.97 Å². The molecule has 6 heteroatoms. The van der Waals surface area contributed by atoms with Gasteiger partial charge in [0.2, 0.25) is 0 Å². The number of hydrogen-bond donors (Lipinski definition) is 0. The quantitative estimate of drug-likeness (QED) is 0.245. The third-order valence-electron chi connectivity index (χ3n) is 6.58. The van der Waals surface area contributed by atoms with Crippen molar-refractivity contribution in [1.82, 2.24) is 0 Å². The van der Waals surface area contributed by atoms with Gasteiger partial charge < -0.3 is 9.64 Å². The second-order valence-electron chi connectivity index (χ2n) is 9.40. The minimum absolute atomic E-state index is 0.0491. The number of benzene rings is 2. The Morgan fingerprint density at radius 1 is 1.15 bits per heavy atom. The van der Waals surface area contributed by atoms with Gasteiger partial charge in [-0.3, -0.25) is 9.79 Å². The van der Waals surface area contributed by atoms with Gasteiger partial charge in [0.05, 0.1) is 10.0 Å². The van der Waals surface area contributed by atoms with Crippen LogP contribution in [-0.2, 0) is 9.53 Å². The molecule has 0 bridgehead atoms. The lowest BCUT2D eigenvalue weighted by atomic mass is 9.75. The van der Waals surface area contributed by atoms with Crippen molar-refractivity contribution in [2.75, 3.05) is 18.5 Å². The average molecular weight is 489 g/mol. The van der Waals surface area contributed by atoms with Crippen molar-refractivity contribution in [2.45, 2.75) is 53.1 Å². The zero-order valence-electron chi connectivity index (χ0n) is 20.1. The molecule has 0 radical (unpaired) electrons. The van der Waals surface area contributed by atoms with Crippen molar-refractivity contribution in [3.8, 4) is 0 Å². The topological polar surface area (TPSA) is 41.9 Å². The lowest BCUT2D eigenvalue weighted by Gasteiger charge is -2.37. The summed E-state index contributed by atoms with van der Waals surface area (Å²) >= 11 is 12.4. The minimum atomic E-state index is -0.246. The molecule has 0 aliphatic heterocycles. The summed E-state index contributed by atoms with van der Waals surface area (Å²) in [6, 6.07) is 13.3. The maximum absolute atomic E-state index is 13.3. The number of aryl methyl sites for hydroxylation is 1. The van der Waals surface area contributed by atoms with Gasteiger partial charge in [0.25, 0.3) is 0 Å². The van der Waals surface area contributed by atoms with Crippen molar-refractivity contribution < 1.29 is 9.53 Å². The second-order valence-corrected chi connectivity index (χ2v) is 10.2. The number of amidine groups is 1. The molecule has 1 fully saturated rings. The predicted molar refractivity (Wildman–Crippen MR) is 139 cm³/mol.